The Morgan fingerprint density at radius 2 is 1.34 bits per heavy atom. The van der Waals surface area contributed by atoms with E-state index in [1.165, 1.54) is 22.6 Å². The zero-order valence-electron chi connectivity index (χ0n) is 35.5. The van der Waals surface area contributed by atoms with E-state index in [4.69, 9.17) is 22.7 Å². The Bertz CT molecular complexity index is 2920. The first-order valence-electron chi connectivity index (χ1n) is 20.5. The first-order valence-corrected chi connectivity index (χ1v) is 21.3. The van der Waals surface area contributed by atoms with Gasteiger partial charge < -0.3 is 27.6 Å². The van der Waals surface area contributed by atoms with E-state index in [0.717, 1.165) is 52.2 Å². The van der Waals surface area contributed by atoms with E-state index >= 15 is 0 Å². The number of rotatable bonds is 6. The summed E-state index contributed by atoms with van der Waals surface area (Å²) in [5, 5.41) is 1.63. The highest BCUT2D eigenvalue weighted by Gasteiger charge is 2.42. The average Bonchev–Trinajstić information content (AvgIpc) is 3.83. The number of hydrogen-bond donors (Lipinski definition) is 0. The van der Waals surface area contributed by atoms with E-state index in [1.54, 1.807) is 6.07 Å². The van der Waals surface area contributed by atoms with Gasteiger partial charge in [-0.05, 0) is 125 Å². The molecule has 0 aliphatic carbocycles. The van der Waals surface area contributed by atoms with E-state index < -0.39 is 16.8 Å². The maximum absolute atomic E-state index is 13.8. The lowest BCUT2D eigenvalue weighted by Crippen LogP contribution is -2.44. The van der Waals surface area contributed by atoms with E-state index in [0.29, 0.717) is 56.3 Å². The van der Waals surface area contributed by atoms with Crippen molar-refractivity contribution in [2.24, 2.45) is 0 Å². The van der Waals surface area contributed by atoms with E-state index in [-0.39, 0.29) is 16.5 Å². The Balaban J connectivity index is 1.04. The fourth-order valence-corrected chi connectivity index (χ4v) is 9.57. The second kappa shape index (κ2) is 13.5. The van der Waals surface area contributed by atoms with Crippen LogP contribution in [0.1, 0.15) is 93.2 Å². The lowest BCUT2D eigenvalue weighted by Gasteiger charge is -2.48. The Morgan fingerprint density at radius 1 is 0.661 bits per heavy atom. The molecule has 0 saturated carbocycles. The summed E-state index contributed by atoms with van der Waals surface area (Å²) in [6.07, 6.45) is 2.09. The third-order valence-electron chi connectivity index (χ3n) is 11.5. The summed E-state index contributed by atoms with van der Waals surface area (Å²) in [6, 6.07) is 25.2. The third-order valence-corrected chi connectivity index (χ3v) is 12.7. The molecule has 8 nitrogen and oxygen atoms in total. The van der Waals surface area contributed by atoms with Gasteiger partial charge in [-0.2, -0.15) is 0 Å². The summed E-state index contributed by atoms with van der Waals surface area (Å²) in [5.41, 5.74) is 5.43. The molecule has 9 rings (SSSR count). The minimum absolute atomic E-state index is 0.0178. The molecule has 0 bridgehead atoms. The molecular formula is C50H51NO7S. The Morgan fingerprint density at radius 3 is 2.08 bits per heavy atom. The zero-order valence-corrected chi connectivity index (χ0v) is 36.4. The maximum atomic E-state index is 13.8. The highest BCUT2D eigenvalue weighted by Crippen LogP contribution is 2.52. The Hall–Kier alpha value is -5.54. The molecule has 0 amide bonds. The van der Waals surface area contributed by atoms with Gasteiger partial charge in [-0.15, -0.1) is 11.3 Å². The van der Waals surface area contributed by atoms with Crippen molar-refractivity contribution in [2.75, 3.05) is 18.0 Å². The van der Waals surface area contributed by atoms with Gasteiger partial charge in [0.25, 0.3) is 0 Å². The largest absolute Gasteiger partial charge is 0.488 e. The van der Waals surface area contributed by atoms with Crippen molar-refractivity contribution in [3.05, 3.63) is 111 Å². The minimum atomic E-state index is -0.501. The molecule has 2 aliphatic rings. The molecule has 0 saturated heterocycles. The van der Waals surface area contributed by atoms with Crippen LogP contribution < -0.4 is 25.6 Å². The lowest BCUT2D eigenvalue weighted by atomic mass is 9.69. The van der Waals surface area contributed by atoms with Gasteiger partial charge in [0.1, 0.15) is 45.4 Å². The van der Waals surface area contributed by atoms with Gasteiger partial charge >= 0.3 is 11.3 Å². The van der Waals surface area contributed by atoms with Crippen LogP contribution in [0.15, 0.2) is 102 Å². The van der Waals surface area contributed by atoms with Crippen LogP contribution in [0.25, 0.3) is 65.5 Å². The summed E-state index contributed by atoms with van der Waals surface area (Å²) in [4.78, 5) is 31.5. The smallest absolute Gasteiger partial charge is 0.345 e. The van der Waals surface area contributed by atoms with Crippen LogP contribution in [-0.2, 0) is 10.8 Å². The monoisotopic (exact) mass is 809 g/mol. The molecule has 9 heteroatoms. The second-order valence-electron chi connectivity index (χ2n) is 19.4. The molecule has 4 aromatic heterocycles. The number of thiophene rings is 1. The number of benzene rings is 3. The number of furan rings is 1. The normalized spacial score (nSPS) is 16.1. The molecule has 0 radical (unpaired) electrons. The second-order valence-corrected chi connectivity index (χ2v) is 20.5. The van der Waals surface area contributed by atoms with Crippen LogP contribution in [0.2, 0.25) is 0 Å². The number of fused-ring (bicyclic) bond motifs is 3. The number of hydrogen-bond acceptors (Lipinski definition) is 9. The lowest BCUT2D eigenvalue weighted by molar-refractivity contribution is 0.122. The molecule has 3 aromatic carbocycles. The van der Waals surface area contributed by atoms with Crippen LogP contribution in [-0.4, -0.2) is 24.3 Å². The highest BCUT2D eigenvalue weighted by molar-refractivity contribution is 7.18. The van der Waals surface area contributed by atoms with E-state index in [1.807, 2.05) is 108 Å². The van der Waals surface area contributed by atoms with Gasteiger partial charge in [0.05, 0.1) is 21.4 Å². The number of nitrogens with zero attached hydrogens (tertiary/aromatic N) is 1. The van der Waals surface area contributed by atoms with Crippen LogP contribution in [0.5, 0.6) is 11.5 Å². The average molecular weight is 810 g/mol. The molecule has 2 aliphatic heterocycles. The van der Waals surface area contributed by atoms with Gasteiger partial charge in [-0.3, -0.25) is 0 Å². The molecule has 6 heterocycles. The zero-order chi connectivity index (χ0) is 41.8. The third kappa shape index (κ3) is 7.17. The predicted molar refractivity (Wildman–Crippen MR) is 239 cm³/mol. The standard InChI is InChI=1S/C50H51NO7S/c1-47(2,3)57-31-25-38-33(39(26-31)58-48(4,5)6)27-32(45(52)55-38)28-12-11-13-29(22-28)36-14-15-37(54-36)41-17-16-40(59-41)34-23-30-24-35-43-42(44(30)56-46(34)53)50(9,10)19-21-51(43)20-18-49(35,7)8/h11-17,22-27H,18-21H2,1-10H3. The van der Waals surface area contributed by atoms with Crippen molar-refractivity contribution < 1.29 is 22.7 Å². The summed E-state index contributed by atoms with van der Waals surface area (Å²) >= 11 is 1.50. The van der Waals surface area contributed by atoms with Crippen LogP contribution in [0.3, 0.4) is 0 Å². The van der Waals surface area contributed by atoms with Crippen molar-refractivity contribution in [1.29, 1.82) is 0 Å². The fraction of sp³-hybridized carbons (Fsp3) is 0.360. The van der Waals surface area contributed by atoms with Gasteiger partial charge in [-0.25, -0.2) is 9.59 Å². The van der Waals surface area contributed by atoms with Crippen molar-refractivity contribution in [3.8, 4) is 55.0 Å². The van der Waals surface area contributed by atoms with E-state index in [9.17, 15) is 9.59 Å². The molecule has 0 unspecified atom stereocenters. The van der Waals surface area contributed by atoms with Crippen LogP contribution in [0, 0.1) is 0 Å². The van der Waals surface area contributed by atoms with Gasteiger partial charge in [0.15, 0.2) is 0 Å². The van der Waals surface area contributed by atoms with Crippen molar-refractivity contribution in [3.63, 3.8) is 0 Å². The molecule has 0 spiro atoms. The van der Waals surface area contributed by atoms with Crippen LogP contribution in [0.4, 0.5) is 5.69 Å². The first-order chi connectivity index (χ1) is 27.7. The Labute approximate surface area is 348 Å². The molecule has 0 N–H and O–H groups in total. The number of anilines is 1. The van der Waals surface area contributed by atoms with Crippen molar-refractivity contribution in [1.82, 2.24) is 0 Å². The Kier molecular flexibility index (Phi) is 8.91. The first kappa shape index (κ1) is 38.9. The molecule has 59 heavy (non-hydrogen) atoms. The van der Waals surface area contributed by atoms with E-state index in [2.05, 4.69) is 38.7 Å². The van der Waals surface area contributed by atoms with Crippen LogP contribution >= 0.6 is 11.3 Å². The molecule has 0 atom stereocenters. The predicted octanol–water partition coefficient (Wildman–Crippen LogP) is 12.7. The fourth-order valence-electron chi connectivity index (χ4n) is 8.59. The molecule has 0 fully saturated rings. The molecule has 304 valence electrons. The SMILES string of the molecule is CC(C)(C)Oc1cc(OC(C)(C)C)c2cc(-c3cccc(-c4ccc(-c5ccc(-c6cc7cc8c9c(c7oc6=O)C(C)(C)CCN9CCC8(C)C)s5)o4)c3)c(=O)oc2c1. The highest BCUT2D eigenvalue weighted by atomic mass is 32.1. The van der Waals surface area contributed by atoms with Crippen molar-refractivity contribution in [2.45, 2.75) is 104 Å². The van der Waals surface area contributed by atoms with Crippen molar-refractivity contribution >= 4 is 39.0 Å². The summed E-state index contributed by atoms with van der Waals surface area (Å²) < 4.78 is 31.2. The molecular weight excluding hydrogens is 759 g/mol. The van der Waals surface area contributed by atoms with Gasteiger partial charge in [0.2, 0.25) is 0 Å². The molecule has 7 aromatic rings. The minimum Gasteiger partial charge on any atom is -0.488 e. The quantitative estimate of drug-likeness (QED) is 0.153. The number of ether oxygens (including phenoxy) is 2. The summed E-state index contributed by atoms with van der Waals surface area (Å²) in [6.45, 7) is 23.0. The maximum Gasteiger partial charge on any atom is 0.345 e. The topological polar surface area (TPSA) is 95.3 Å². The summed E-state index contributed by atoms with van der Waals surface area (Å²) in [7, 11) is 0. The van der Waals surface area contributed by atoms with Gasteiger partial charge in [-0.1, -0.05) is 45.9 Å². The van der Waals surface area contributed by atoms with Gasteiger partial charge in [0, 0.05) is 52.3 Å². The summed E-state index contributed by atoms with van der Waals surface area (Å²) in [5.74, 6) is 2.44.